The van der Waals surface area contributed by atoms with Gasteiger partial charge in [-0.2, -0.15) is 0 Å². The molecule has 1 fully saturated rings. The SMILES string of the molecule is O=C(C1=CCC=C(C#Cc2cncnc2)S1)N1CCCCC1. The van der Waals surface area contributed by atoms with Gasteiger partial charge in [0.2, 0.25) is 0 Å². The zero-order chi connectivity index (χ0) is 15.2. The monoisotopic (exact) mass is 311 g/mol. The lowest BCUT2D eigenvalue weighted by Crippen LogP contribution is -2.36. The number of hydrogen-bond acceptors (Lipinski definition) is 4. The fraction of sp³-hybridized carbons (Fsp3) is 0.353. The molecule has 1 aromatic rings. The molecule has 1 saturated heterocycles. The Kier molecular flexibility index (Phi) is 4.92. The average Bonchev–Trinajstić information content (AvgIpc) is 2.61. The molecular formula is C17H17N3OS. The molecular weight excluding hydrogens is 294 g/mol. The fourth-order valence-corrected chi connectivity index (χ4v) is 3.35. The lowest BCUT2D eigenvalue weighted by Gasteiger charge is -2.28. The van der Waals surface area contributed by atoms with Crippen molar-refractivity contribution in [2.75, 3.05) is 13.1 Å². The van der Waals surface area contributed by atoms with Crippen LogP contribution >= 0.6 is 11.8 Å². The summed E-state index contributed by atoms with van der Waals surface area (Å²) >= 11 is 1.47. The molecule has 0 radical (unpaired) electrons. The maximum absolute atomic E-state index is 12.5. The topological polar surface area (TPSA) is 46.1 Å². The summed E-state index contributed by atoms with van der Waals surface area (Å²) in [5.41, 5.74) is 0.780. The first-order valence-corrected chi connectivity index (χ1v) is 8.29. The van der Waals surface area contributed by atoms with Crippen molar-refractivity contribution in [2.45, 2.75) is 25.7 Å². The van der Waals surface area contributed by atoms with E-state index in [2.05, 4.69) is 27.9 Å². The number of carbonyl (C=O) groups is 1. The maximum atomic E-state index is 12.5. The minimum Gasteiger partial charge on any atom is -0.338 e. The molecule has 0 saturated carbocycles. The number of nitrogens with zero attached hydrogens (tertiary/aromatic N) is 3. The summed E-state index contributed by atoms with van der Waals surface area (Å²) in [5, 5.41) is 0. The van der Waals surface area contributed by atoms with Gasteiger partial charge in [0.15, 0.2) is 0 Å². The van der Waals surface area contributed by atoms with Crippen LogP contribution in [0.5, 0.6) is 0 Å². The van der Waals surface area contributed by atoms with Gasteiger partial charge < -0.3 is 4.90 Å². The molecule has 5 heteroatoms. The highest BCUT2D eigenvalue weighted by Gasteiger charge is 2.22. The normalized spacial score (nSPS) is 17.9. The molecule has 0 aliphatic carbocycles. The van der Waals surface area contributed by atoms with Gasteiger partial charge in [-0.15, -0.1) is 0 Å². The molecule has 0 spiro atoms. The van der Waals surface area contributed by atoms with E-state index in [1.165, 1.54) is 24.5 Å². The van der Waals surface area contributed by atoms with Crippen molar-refractivity contribution < 1.29 is 4.79 Å². The zero-order valence-corrected chi connectivity index (χ0v) is 13.1. The molecule has 0 aromatic carbocycles. The molecule has 3 heterocycles. The number of piperidine rings is 1. The van der Waals surface area contributed by atoms with E-state index in [9.17, 15) is 4.79 Å². The second-order valence-corrected chi connectivity index (χ2v) is 6.29. The molecule has 2 aliphatic rings. The second kappa shape index (κ2) is 7.28. The summed E-state index contributed by atoms with van der Waals surface area (Å²) in [6.45, 7) is 1.76. The van der Waals surface area contributed by atoms with Crippen LogP contribution in [0.4, 0.5) is 0 Å². The van der Waals surface area contributed by atoms with Crippen LogP contribution in [0.15, 0.2) is 40.7 Å². The van der Waals surface area contributed by atoms with Gasteiger partial charge >= 0.3 is 0 Å². The van der Waals surface area contributed by atoms with E-state index in [0.29, 0.717) is 0 Å². The smallest absolute Gasteiger partial charge is 0.260 e. The van der Waals surface area contributed by atoms with E-state index in [1.54, 1.807) is 12.4 Å². The van der Waals surface area contributed by atoms with Crippen LogP contribution < -0.4 is 0 Å². The molecule has 0 unspecified atom stereocenters. The highest BCUT2D eigenvalue weighted by molar-refractivity contribution is 8.07. The predicted octanol–water partition coefficient (Wildman–Crippen LogP) is 2.75. The van der Waals surface area contributed by atoms with Gasteiger partial charge in [-0.05, 0) is 25.7 Å². The number of rotatable bonds is 1. The quantitative estimate of drug-likeness (QED) is 0.748. The van der Waals surface area contributed by atoms with Crippen LogP contribution in [0.25, 0.3) is 0 Å². The van der Waals surface area contributed by atoms with Crippen LogP contribution in [-0.2, 0) is 4.79 Å². The van der Waals surface area contributed by atoms with Crippen LogP contribution in [0.1, 0.15) is 31.2 Å². The standard InChI is InChI=1S/C17H17N3OS/c21-17(20-9-2-1-3-10-20)16-6-4-5-15(22-16)8-7-14-11-18-13-19-12-14/h5-6,11-13H,1-4,9-10H2. The molecule has 4 nitrogen and oxygen atoms in total. The van der Waals surface area contributed by atoms with E-state index in [4.69, 9.17) is 0 Å². The van der Waals surface area contributed by atoms with E-state index >= 15 is 0 Å². The molecule has 0 bridgehead atoms. The Balaban J connectivity index is 1.64. The van der Waals surface area contributed by atoms with Gasteiger partial charge in [-0.25, -0.2) is 9.97 Å². The Hall–Kier alpha value is -2.06. The van der Waals surface area contributed by atoms with Crippen molar-refractivity contribution >= 4 is 17.7 Å². The van der Waals surface area contributed by atoms with Crippen molar-refractivity contribution in [3.8, 4) is 11.8 Å². The van der Waals surface area contributed by atoms with Crippen LogP contribution in [0.3, 0.4) is 0 Å². The first-order valence-electron chi connectivity index (χ1n) is 7.47. The Labute approximate surface area is 134 Å². The van der Waals surface area contributed by atoms with Crippen molar-refractivity contribution in [2.24, 2.45) is 0 Å². The number of hydrogen-bond donors (Lipinski definition) is 0. The molecule has 1 amide bonds. The average molecular weight is 311 g/mol. The first-order chi connectivity index (χ1) is 10.8. The largest absolute Gasteiger partial charge is 0.338 e. The van der Waals surface area contributed by atoms with Gasteiger partial charge in [0, 0.05) is 25.5 Å². The summed E-state index contributed by atoms with van der Waals surface area (Å²) in [7, 11) is 0. The van der Waals surface area contributed by atoms with Crippen molar-refractivity contribution in [1.82, 2.24) is 14.9 Å². The zero-order valence-electron chi connectivity index (χ0n) is 12.3. The van der Waals surface area contributed by atoms with Crippen molar-refractivity contribution in [3.05, 3.63) is 46.2 Å². The summed E-state index contributed by atoms with van der Waals surface area (Å²) in [4.78, 5) is 24.1. The Morgan fingerprint density at radius 2 is 1.86 bits per heavy atom. The van der Waals surface area contributed by atoms with E-state index < -0.39 is 0 Å². The molecule has 1 aromatic heterocycles. The number of aromatic nitrogens is 2. The molecule has 3 rings (SSSR count). The number of amides is 1. The Bertz CT molecular complexity index is 664. The predicted molar refractivity (Wildman–Crippen MR) is 87.7 cm³/mol. The summed E-state index contributed by atoms with van der Waals surface area (Å²) in [6.07, 6.45) is 13.1. The van der Waals surface area contributed by atoms with E-state index in [0.717, 1.165) is 47.7 Å². The van der Waals surface area contributed by atoms with Crippen LogP contribution in [0.2, 0.25) is 0 Å². The number of thioether (sulfide) groups is 1. The van der Waals surface area contributed by atoms with E-state index in [1.807, 2.05) is 11.0 Å². The number of allylic oxidation sites excluding steroid dienone is 3. The lowest BCUT2D eigenvalue weighted by atomic mass is 10.1. The third-order valence-electron chi connectivity index (χ3n) is 3.57. The number of likely N-dealkylation sites (tertiary alicyclic amines) is 1. The van der Waals surface area contributed by atoms with Crippen LogP contribution in [-0.4, -0.2) is 33.9 Å². The molecule has 2 aliphatic heterocycles. The maximum Gasteiger partial charge on any atom is 0.260 e. The molecule has 112 valence electrons. The fourth-order valence-electron chi connectivity index (χ4n) is 2.43. The van der Waals surface area contributed by atoms with Gasteiger partial charge in [-0.1, -0.05) is 35.8 Å². The van der Waals surface area contributed by atoms with Crippen molar-refractivity contribution in [3.63, 3.8) is 0 Å². The minimum atomic E-state index is 0.153. The summed E-state index contributed by atoms with van der Waals surface area (Å²) < 4.78 is 0. The highest BCUT2D eigenvalue weighted by Crippen LogP contribution is 2.31. The highest BCUT2D eigenvalue weighted by atomic mass is 32.2. The van der Waals surface area contributed by atoms with Gasteiger partial charge in [-0.3, -0.25) is 4.79 Å². The molecule has 22 heavy (non-hydrogen) atoms. The van der Waals surface area contributed by atoms with Gasteiger partial charge in [0.1, 0.15) is 6.33 Å². The third kappa shape index (κ3) is 3.77. The number of carbonyl (C=O) groups excluding carboxylic acids is 1. The Morgan fingerprint density at radius 1 is 1.09 bits per heavy atom. The summed E-state index contributed by atoms with van der Waals surface area (Å²) in [6, 6.07) is 0. The lowest BCUT2D eigenvalue weighted by molar-refractivity contribution is -0.127. The molecule has 0 N–H and O–H groups in total. The van der Waals surface area contributed by atoms with Gasteiger partial charge in [0.25, 0.3) is 5.91 Å². The van der Waals surface area contributed by atoms with Gasteiger partial charge in [0.05, 0.1) is 15.4 Å². The Morgan fingerprint density at radius 3 is 2.64 bits per heavy atom. The second-order valence-electron chi connectivity index (χ2n) is 5.20. The van der Waals surface area contributed by atoms with Crippen molar-refractivity contribution in [1.29, 1.82) is 0 Å². The summed E-state index contributed by atoms with van der Waals surface area (Å²) in [5.74, 6) is 6.30. The van der Waals surface area contributed by atoms with Crippen LogP contribution in [0, 0.1) is 11.8 Å². The van der Waals surface area contributed by atoms with E-state index in [-0.39, 0.29) is 5.91 Å². The third-order valence-corrected chi connectivity index (χ3v) is 4.62. The minimum absolute atomic E-state index is 0.153. The molecule has 0 atom stereocenters. The first kappa shape index (κ1) is 14.9.